The molecule has 0 aliphatic carbocycles. The van der Waals surface area contributed by atoms with E-state index in [9.17, 15) is 0 Å². The minimum absolute atomic E-state index is 0. The minimum Gasteiger partial charge on any atom is -0.679 e. The van der Waals surface area contributed by atoms with Gasteiger partial charge in [-0.05, 0) is 0 Å². The molecule has 0 aliphatic heterocycles. The average Bonchev–Trinajstić information content (AvgIpc) is 1.37. The number of nitrogens with one attached hydrogen (secondary N) is 2. The van der Waals surface area contributed by atoms with Gasteiger partial charge >= 0.3 is 0 Å². The second kappa shape index (κ2) is 30.9. The van der Waals surface area contributed by atoms with E-state index in [1.165, 1.54) is 0 Å². The van der Waals surface area contributed by atoms with E-state index >= 15 is 0 Å². The van der Waals surface area contributed by atoms with Crippen molar-refractivity contribution in [3.63, 3.8) is 0 Å². The number of hydrogen-bond donors (Lipinski definition) is 0. The van der Waals surface area contributed by atoms with Crippen molar-refractivity contribution in [2.24, 2.45) is 0 Å². The van der Waals surface area contributed by atoms with Crippen molar-refractivity contribution < 1.29 is 20.1 Å². The van der Waals surface area contributed by atoms with Crippen molar-refractivity contribution in [2.45, 2.75) is 0 Å². The topological polar surface area (TPSA) is 47.6 Å². The fraction of sp³-hybridized carbons (Fsp3) is 0.500. The molecule has 0 aromatic rings. The third kappa shape index (κ3) is 55.7. The van der Waals surface area contributed by atoms with Gasteiger partial charge in [0, 0.05) is 20.1 Å². The summed E-state index contributed by atoms with van der Waals surface area (Å²) in [7, 11) is 0. The Bertz CT molecular complexity index is 11.7. The molecule has 0 amide bonds. The van der Waals surface area contributed by atoms with Gasteiger partial charge in [0.15, 0.2) is 0 Å². The summed E-state index contributed by atoms with van der Waals surface area (Å²) in [6.45, 7) is 0.472. The molecule has 0 spiro atoms. The molecule has 0 aromatic heterocycles. The van der Waals surface area contributed by atoms with Crippen LogP contribution in [0.25, 0.3) is 11.5 Å². The van der Waals surface area contributed by atoms with Crippen molar-refractivity contribution >= 4 is 0 Å². The van der Waals surface area contributed by atoms with Gasteiger partial charge in [-0.3, -0.25) is 0 Å². The molecule has 0 bridgehead atoms. The summed E-state index contributed by atoms with van der Waals surface area (Å²) in [5, 5.41) is 0. The quantitative estimate of drug-likeness (QED) is 0.660. The van der Waals surface area contributed by atoms with Crippen molar-refractivity contribution in [1.29, 1.82) is 0 Å². The summed E-state index contributed by atoms with van der Waals surface area (Å²) in [5.41, 5.74) is 12.5. The minimum atomic E-state index is 0. The van der Waals surface area contributed by atoms with Gasteiger partial charge in [-0.15, -0.1) is 0 Å². The smallest absolute Gasteiger partial charge is 0 e. The molecule has 0 unspecified atom stereocenters. The summed E-state index contributed by atoms with van der Waals surface area (Å²) in [5.74, 6) is 0. The van der Waals surface area contributed by atoms with E-state index < -0.39 is 0 Å². The first-order valence-electron chi connectivity index (χ1n) is 1.21. The van der Waals surface area contributed by atoms with Gasteiger partial charge in [0.2, 0.25) is 0 Å². The van der Waals surface area contributed by atoms with Crippen LogP contribution in [0.5, 0.6) is 0 Å². The van der Waals surface area contributed by atoms with Crippen LogP contribution in [-0.2, 0) is 20.1 Å². The normalized spacial score (nSPS) is 4.29. The van der Waals surface area contributed by atoms with Crippen LogP contribution in [0.2, 0.25) is 0 Å². The maximum Gasteiger partial charge on any atom is 0 e. The molecular weight excluding hydrogens is 268 g/mol. The second-order valence-electron chi connectivity index (χ2n) is 0.500. The molecule has 0 fully saturated rings. The standard InChI is InChI=1S/C2H6N2.2CH3.Ir/c3-1-2-4;;;/h3-4H,1-2H2;2*1H3;/q-2;2*-1;. The van der Waals surface area contributed by atoms with E-state index in [0.717, 1.165) is 0 Å². The van der Waals surface area contributed by atoms with E-state index in [-0.39, 0.29) is 48.0 Å². The Morgan fingerprint density at radius 1 is 0.857 bits per heavy atom. The van der Waals surface area contributed by atoms with Gasteiger partial charge in [0.25, 0.3) is 0 Å². The van der Waals surface area contributed by atoms with Gasteiger partial charge in [-0.2, -0.15) is 13.1 Å². The SMILES string of the molecule is [CH3-].[CH3-].[Ir].[NH-]CC[NH-]. The van der Waals surface area contributed by atoms with E-state index in [4.69, 9.17) is 11.5 Å². The van der Waals surface area contributed by atoms with Crippen LogP contribution in [0.1, 0.15) is 0 Å². The molecule has 1 radical (unpaired) electrons. The van der Waals surface area contributed by atoms with Crippen LogP contribution in [0.15, 0.2) is 0 Å². The zero-order chi connectivity index (χ0) is 3.41. The molecule has 2 nitrogen and oxygen atoms in total. The fourth-order valence-electron chi connectivity index (χ4n) is 0. The van der Waals surface area contributed by atoms with E-state index in [1.807, 2.05) is 0 Å². The van der Waals surface area contributed by atoms with Crippen LogP contribution < -0.4 is 0 Å². The maximum absolute atomic E-state index is 6.26. The van der Waals surface area contributed by atoms with Crippen LogP contribution in [0, 0.1) is 14.9 Å². The molecule has 7 heavy (non-hydrogen) atoms. The molecule has 0 aliphatic rings. The van der Waals surface area contributed by atoms with Crippen LogP contribution in [-0.4, -0.2) is 13.1 Å². The number of rotatable bonds is 1. The Kier molecular flexibility index (Phi) is 113. The van der Waals surface area contributed by atoms with Crippen molar-refractivity contribution in [3.05, 3.63) is 26.3 Å². The summed E-state index contributed by atoms with van der Waals surface area (Å²) in [4.78, 5) is 0. The van der Waals surface area contributed by atoms with Crippen LogP contribution in [0.4, 0.5) is 0 Å². The third-order valence-corrected chi connectivity index (χ3v) is 0.125. The molecule has 0 saturated heterocycles. The maximum atomic E-state index is 6.26. The predicted octanol–water partition coefficient (Wildman–Crippen LogP) is 1.99. The Hall–Kier alpha value is 0.569. The first-order chi connectivity index (χ1) is 1.91. The summed E-state index contributed by atoms with van der Waals surface area (Å²) >= 11 is 0. The predicted molar refractivity (Wildman–Crippen MR) is 31.2 cm³/mol. The Labute approximate surface area is 60.0 Å². The molecule has 0 aromatic carbocycles. The van der Waals surface area contributed by atoms with E-state index in [2.05, 4.69) is 0 Å². The zero-order valence-electron chi connectivity index (χ0n) is 4.75. The zero-order valence-corrected chi connectivity index (χ0v) is 7.14. The average molecular weight is 280 g/mol. The Morgan fingerprint density at radius 3 is 1.00 bits per heavy atom. The van der Waals surface area contributed by atoms with Crippen LogP contribution in [0.3, 0.4) is 0 Å². The van der Waals surface area contributed by atoms with Gasteiger partial charge < -0.3 is 26.3 Å². The van der Waals surface area contributed by atoms with Gasteiger partial charge in [-0.25, -0.2) is 0 Å². The molecule has 0 atom stereocenters. The van der Waals surface area contributed by atoms with Gasteiger partial charge in [0.1, 0.15) is 0 Å². The molecule has 2 N–H and O–H groups in total. The molecular formula is C4H12IrN2-4. The Balaban J connectivity index is -0.0000000150. The molecule has 3 heteroatoms. The van der Waals surface area contributed by atoms with E-state index in [1.54, 1.807) is 0 Å². The molecule has 0 saturated carbocycles. The molecule has 0 heterocycles. The van der Waals surface area contributed by atoms with Gasteiger partial charge in [-0.1, -0.05) is 0 Å². The third-order valence-electron chi connectivity index (χ3n) is 0.125. The van der Waals surface area contributed by atoms with Gasteiger partial charge in [0.05, 0.1) is 0 Å². The van der Waals surface area contributed by atoms with Crippen molar-refractivity contribution in [1.82, 2.24) is 0 Å². The van der Waals surface area contributed by atoms with Crippen molar-refractivity contribution in [3.8, 4) is 0 Å². The monoisotopic (exact) mass is 281 g/mol. The van der Waals surface area contributed by atoms with Crippen LogP contribution >= 0.6 is 0 Å². The molecule has 0 rings (SSSR count). The molecule has 51 valence electrons. The summed E-state index contributed by atoms with van der Waals surface area (Å²) in [6.07, 6.45) is 0. The summed E-state index contributed by atoms with van der Waals surface area (Å²) in [6, 6.07) is 0. The summed E-state index contributed by atoms with van der Waals surface area (Å²) < 4.78 is 0. The largest absolute Gasteiger partial charge is 0.679 e. The Morgan fingerprint density at radius 2 is 1.00 bits per heavy atom. The first-order valence-corrected chi connectivity index (χ1v) is 1.21. The fourth-order valence-corrected chi connectivity index (χ4v) is 0. The second-order valence-corrected chi connectivity index (χ2v) is 0.500. The first kappa shape index (κ1) is 25.6. The van der Waals surface area contributed by atoms with Crippen molar-refractivity contribution in [2.75, 3.05) is 13.1 Å². The number of hydrogen-bond acceptors (Lipinski definition) is 0. The van der Waals surface area contributed by atoms with E-state index in [0.29, 0.717) is 0 Å².